The van der Waals surface area contributed by atoms with Crippen molar-refractivity contribution in [3.63, 3.8) is 0 Å². The van der Waals surface area contributed by atoms with E-state index in [0.29, 0.717) is 5.82 Å². The zero-order chi connectivity index (χ0) is 16.2. The average molecular weight is 330 g/mol. The van der Waals surface area contributed by atoms with Gasteiger partial charge in [-0.25, -0.2) is 9.97 Å². The third kappa shape index (κ3) is 4.14. The minimum atomic E-state index is 0.0184. The molecule has 6 heteroatoms. The van der Waals surface area contributed by atoms with Crippen LogP contribution < -0.4 is 5.32 Å². The predicted molar refractivity (Wildman–Crippen MR) is 92.5 cm³/mol. The highest BCUT2D eigenvalue weighted by atomic mass is 32.1. The second-order valence-electron chi connectivity index (χ2n) is 6.09. The Morgan fingerprint density at radius 1 is 1.48 bits per heavy atom. The zero-order valence-corrected chi connectivity index (χ0v) is 14.4. The molecule has 0 spiro atoms. The van der Waals surface area contributed by atoms with Crippen LogP contribution in [0.1, 0.15) is 29.1 Å². The highest BCUT2D eigenvalue weighted by Gasteiger charge is 2.26. The van der Waals surface area contributed by atoms with Gasteiger partial charge in [-0.05, 0) is 44.9 Å². The first-order chi connectivity index (χ1) is 11.1. The Morgan fingerprint density at radius 3 is 3.09 bits per heavy atom. The average Bonchev–Trinajstić information content (AvgIpc) is 2.95. The van der Waals surface area contributed by atoms with Crippen molar-refractivity contribution >= 4 is 23.1 Å². The maximum absolute atomic E-state index is 12.5. The molecule has 0 bridgehead atoms. The van der Waals surface area contributed by atoms with Gasteiger partial charge in [0.05, 0.1) is 16.6 Å². The third-order valence-corrected chi connectivity index (χ3v) is 5.00. The van der Waals surface area contributed by atoms with Crippen molar-refractivity contribution in [2.75, 3.05) is 18.4 Å². The molecule has 1 fully saturated rings. The monoisotopic (exact) mass is 330 g/mol. The quantitative estimate of drug-likeness (QED) is 0.936. The van der Waals surface area contributed by atoms with E-state index in [9.17, 15) is 4.79 Å². The fourth-order valence-corrected chi connectivity index (χ4v) is 3.56. The van der Waals surface area contributed by atoms with Crippen LogP contribution in [0.3, 0.4) is 0 Å². The van der Waals surface area contributed by atoms with Gasteiger partial charge in [0.1, 0.15) is 5.82 Å². The Morgan fingerprint density at radius 2 is 2.35 bits per heavy atom. The number of nitrogens with one attached hydrogen (secondary N) is 1. The molecule has 122 valence electrons. The number of hydrogen-bond donors (Lipinski definition) is 1. The molecule has 3 rings (SSSR count). The summed E-state index contributed by atoms with van der Waals surface area (Å²) < 4.78 is 0. The van der Waals surface area contributed by atoms with Crippen molar-refractivity contribution in [2.24, 2.45) is 5.92 Å². The summed E-state index contributed by atoms with van der Waals surface area (Å²) in [5, 5.41) is 6.18. The van der Waals surface area contributed by atoms with Crippen LogP contribution in [0.4, 0.5) is 5.82 Å². The molecule has 0 unspecified atom stereocenters. The number of carbonyl (C=O) groups is 1. The standard InChI is InChI=1S/C17H22N4OS/c1-12-5-3-7-18-16(12)20-17(22)14-6-4-8-21(9-14)10-15-11-23-13(2)19-15/h3,5,7,11,14H,4,6,8-10H2,1-2H3,(H,18,20,22)/t14-/m1/s1. The minimum absolute atomic E-state index is 0.0184. The molecule has 0 radical (unpaired) electrons. The molecular formula is C17H22N4OS. The van der Waals surface area contributed by atoms with Gasteiger partial charge in [-0.15, -0.1) is 11.3 Å². The fourth-order valence-electron chi connectivity index (χ4n) is 2.96. The summed E-state index contributed by atoms with van der Waals surface area (Å²) in [6.07, 6.45) is 3.69. The highest BCUT2D eigenvalue weighted by molar-refractivity contribution is 7.09. The fraction of sp³-hybridized carbons (Fsp3) is 0.471. The Bertz CT molecular complexity index is 685. The summed E-state index contributed by atoms with van der Waals surface area (Å²) in [7, 11) is 0. The highest BCUT2D eigenvalue weighted by Crippen LogP contribution is 2.21. The van der Waals surface area contributed by atoms with Gasteiger partial charge >= 0.3 is 0 Å². The summed E-state index contributed by atoms with van der Waals surface area (Å²) in [5.41, 5.74) is 2.10. The maximum atomic E-state index is 12.5. The first kappa shape index (κ1) is 16.1. The lowest BCUT2D eigenvalue weighted by Gasteiger charge is -2.31. The van der Waals surface area contributed by atoms with Gasteiger partial charge < -0.3 is 5.32 Å². The van der Waals surface area contributed by atoms with E-state index in [1.165, 1.54) is 0 Å². The number of aryl methyl sites for hydroxylation is 2. The Kier molecular flexibility index (Phi) is 5.03. The van der Waals surface area contributed by atoms with Crippen molar-refractivity contribution in [3.8, 4) is 0 Å². The molecule has 0 aromatic carbocycles. The van der Waals surface area contributed by atoms with Crippen LogP contribution >= 0.6 is 11.3 Å². The number of nitrogens with zero attached hydrogens (tertiary/aromatic N) is 3. The van der Waals surface area contributed by atoms with E-state index < -0.39 is 0 Å². The maximum Gasteiger partial charge on any atom is 0.229 e. The number of pyridine rings is 1. The molecule has 1 saturated heterocycles. The topological polar surface area (TPSA) is 58.1 Å². The molecule has 1 aliphatic heterocycles. The van der Waals surface area contributed by atoms with Crippen LogP contribution in [0.15, 0.2) is 23.7 Å². The van der Waals surface area contributed by atoms with Crippen LogP contribution in [0.5, 0.6) is 0 Å². The van der Waals surface area contributed by atoms with E-state index in [1.807, 2.05) is 26.0 Å². The summed E-state index contributed by atoms with van der Waals surface area (Å²) in [6.45, 7) is 6.63. The molecule has 1 atom stereocenters. The number of anilines is 1. The van der Waals surface area contributed by atoms with Crippen LogP contribution in [0.25, 0.3) is 0 Å². The third-order valence-electron chi connectivity index (χ3n) is 4.18. The number of hydrogen-bond acceptors (Lipinski definition) is 5. The summed E-state index contributed by atoms with van der Waals surface area (Å²) in [4.78, 5) is 23.6. The largest absolute Gasteiger partial charge is 0.310 e. The predicted octanol–water partition coefficient (Wildman–Crippen LogP) is 3.01. The number of piperidine rings is 1. The first-order valence-electron chi connectivity index (χ1n) is 7.97. The van der Waals surface area contributed by atoms with Gasteiger partial charge in [0.25, 0.3) is 0 Å². The molecule has 5 nitrogen and oxygen atoms in total. The van der Waals surface area contributed by atoms with Crippen molar-refractivity contribution < 1.29 is 4.79 Å². The van der Waals surface area contributed by atoms with E-state index >= 15 is 0 Å². The van der Waals surface area contributed by atoms with E-state index in [-0.39, 0.29) is 11.8 Å². The van der Waals surface area contributed by atoms with Gasteiger partial charge in [-0.2, -0.15) is 0 Å². The lowest BCUT2D eigenvalue weighted by Crippen LogP contribution is -2.40. The normalized spacial score (nSPS) is 18.8. The Labute approximate surface area is 140 Å². The van der Waals surface area contributed by atoms with Crippen LogP contribution in [-0.4, -0.2) is 33.9 Å². The van der Waals surface area contributed by atoms with Crippen LogP contribution in [-0.2, 0) is 11.3 Å². The van der Waals surface area contributed by atoms with Crippen molar-refractivity contribution in [3.05, 3.63) is 40.0 Å². The number of rotatable bonds is 4. The van der Waals surface area contributed by atoms with Crippen LogP contribution in [0.2, 0.25) is 0 Å². The number of amides is 1. The number of thiazole rings is 1. The van der Waals surface area contributed by atoms with E-state index in [1.54, 1.807) is 17.5 Å². The van der Waals surface area contributed by atoms with Gasteiger partial charge in [0.15, 0.2) is 0 Å². The zero-order valence-electron chi connectivity index (χ0n) is 13.6. The van der Waals surface area contributed by atoms with Crippen molar-refractivity contribution in [2.45, 2.75) is 33.2 Å². The van der Waals surface area contributed by atoms with Gasteiger partial charge in [0.2, 0.25) is 5.91 Å². The Hall–Kier alpha value is -1.79. The minimum Gasteiger partial charge on any atom is -0.310 e. The van der Waals surface area contributed by atoms with E-state index in [2.05, 4.69) is 25.6 Å². The van der Waals surface area contributed by atoms with E-state index in [4.69, 9.17) is 0 Å². The summed E-state index contributed by atoms with van der Waals surface area (Å²) >= 11 is 1.68. The van der Waals surface area contributed by atoms with Crippen molar-refractivity contribution in [1.82, 2.24) is 14.9 Å². The molecule has 2 aromatic heterocycles. The van der Waals surface area contributed by atoms with E-state index in [0.717, 1.165) is 48.7 Å². The number of carbonyl (C=O) groups excluding carboxylic acids is 1. The number of likely N-dealkylation sites (tertiary alicyclic amines) is 1. The SMILES string of the molecule is Cc1nc(CN2CCC[C@@H](C(=O)Nc3ncccc3C)C2)cs1. The number of aromatic nitrogens is 2. The van der Waals surface area contributed by atoms with Gasteiger partial charge in [-0.3, -0.25) is 9.69 Å². The smallest absolute Gasteiger partial charge is 0.229 e. The molecule has 23 heavy (non-hydrogen) atoms. The summed E-state index contributed by atoms with van der Waals surface area (Å²) in [6, 6.07) is 3.84. The summed E-state index contributed by atoms with van der Waals surface area (Å²) in [5.74, 6) is 0.764. The molecule has 1 N–H and O–H groups in total. The molecular weight excluding hydrogens is 308 g/mol. The molecule has 2 aromatic rings. The van der Waals surface area contributed by atoms with Crippen molar-refractivity contribution in [1.29, 1.82) is 0 Å². The van der Waals surface area contributed by atoms with Crippen LogP contribution in [0, 0.1) is 19.8 Å². The lowest BCUT2D eigenvalue weighted by molar-refractivity contribution is -0.121. The van der Waals surface area contributed by atoms with Gasteiger partial charge in [-0.1, -0.05) is 6.07 Å². The first-order valence-corrected chi connectivity index (χ1v) is 8.85. The lowest BCUT2D eigenvalue weighted by atomic mass is 9.97. The Balaban J connectivity index is 1.59. The molecule has 1 aliphatic rings. The second-order valence-corrected chi connectivity index (χ2v) is 7.15. The molecule has 3 heterocycles. The molecule has 1 amide bonds. The van der Waals surface area contributed by atoms with Gasteiger partial charge in [0, 0.05) is 24.7 Å². The molecule has 0 aliphatic carbocycles. The second kappa shape index (κ2) is 7.19. The molecule has 0 saturated carbocycles.